The molecule has 2 aromatic rings. The van der Waals surface area contributed by atoms with E-state index in [4.69, 9.17) is 72.9 Å². The first-order valence-corrected chi connectivity index (χ1v) is 12.5. The van der Waals surface area contributed by atoms with Gasteiger partial charge in [-0.05, 0) is 6.92 Å². The van der Waals surface area contributed by atoms with Crippen LogP contribution in [0.2, 0.25) is 0 Å². The van der Waals surface area contributed by atoms with Crippen LogP contribution in [0.15, 0.2) is 12.7 Å². The van der Waals surface area contributed by atoms with E-state index in [0.29, 0.717) is 17.0 Å². The standard InChI is InChI=1S/C11H15N5O3.3Na.3H3O4P/c1-5-7(17)8(18-2)11(19-5)16-4-15-6-9(12)13-3-14-10(6)16;;;;3*1-5(2,3)4/h3-5,7-8,11,17H,1-2H3,(H2,12,13,14);;;;3*(H3,1,2,3,4)/q;3*+1;;;/p-9. The fourth-order valence-electron chi connectivity index (χ4n) is 2.35. The van der Waals surface area contributed by atoms with Crippen LogP contribution < -0.4 is 138 Å². The summed E-state index contributed by atoms with van der Waals surface area (Å²) in [5.74, 6) is 0.310. The van der Waals surface area contributed by atoms with Gasteiger partial charge in [-0.1, -0.05) is 0 Å². The van der Waals surface area contributed by atoms with Gasteiger partial charge in [-0.2, -0.15) is 23.5 Å². The quantitative estimate of drug-likeness (QED) is 0.233. The number of hydrogen-bond donors (Lipinski definition) is 2. The number of aliphatic hydroxyl groups is 1. The fourth-order valence-corrected chi connectivity index (χ4v) is 2.35. The minimum absolute atomic E-state index is 0. The average Bonchev–Trinajstić information content (AvgIpc) is 3.13. The van der Waals surface area contributed by atoms with Gasteiger partial charge in [-0.3, -0.25) is 4.57 Å². The molecule has 1 aliphatic rings. The Kier molecular flexibility index (Phi) is 24.2. The molecule has 2 aromatic heterocycles. The van der Waals surface area contributed by atoms with Crippen molar-refractivity contribution in [1.82, 2.24) is 19.5 Å². The van der Waals surface area contributed by atoms with Gasteiger partial charge in [0.1, 0.15) is 24.1 Å². The summed E-state index contributed by atoms with van der Waals surface area (Å²) in [4.78, 5) is 89.2. The van der Waals surface area contributed by atoms with Gasteiger partial charge in [0, 0.05) is 7.11 Å². The maximum absolute atomic E-state index is 10.0. The number of imidazole rings is 1. The van der Waals surface area contributed by atoms with E-state index in [1.165, 1.54) is 13.4 Å². The van der Waals surface area contributed by atoms with Gasteiger partial charge >= 0.3 is 88.7 Å². The molecule has 198 valence electrons. The third-order valence-corrected chi connectivity index (χ3v) is 3.39. The molecule has 0 aromatic carbocycles. The van der Waals surface area contributed by atoms with Crippen molar-refractivity contribution < 1.29 is 161 Å². The molecule has 1 fully saturated rings. The van der Waals surface area contributed by atoms with Crippen LogP contribution in [0.1, 0.15) is 13.2 Å². The SMILES string of the molecule is COC1C(O)C(C)OC1n1cnc2c(N)ncnc21.O=P([O-])([O-])[O-].O=P([O-])([O-])[O-].O=P([O-])([O-])[O-].[Na+].[Na+].[Na+]. The Morgan fingerprint density at radius 2 is 1.32 bits per heavy atom. The maximum atomic E-state index is 10.0. The molecule has 3 heterocycles. The second kappa shape index (κ2) is 19.6. The zero-order valence-electron chi connectivity index (χ0n) is 19.8. The van der Waals surface area contributed by atoms with Crippen molar-refractivity contribution in [2.45, 2.75) is 31.5 Å². The number of fused-ring (bicyclic) bond motifs is 1. The van der Waals surface area contributed by atoms with Crippen molar-refractivity contribution in [3.05, 3.63) is 12.7 Å². The van der Waals surface area contributed by atoms with Crippen LogP contribution >= 0.6 is 23.5 Å². The van der Waals surface area contributed by atoms with Crippen molar-refractivity contribution in [3.63, 3.8) is 0 Å². The number of phosphoric acid groups is 3. The minimum Gasteiger partial charge on any atom is -0.822 e. The van der Waals surface area contributed by atoms with Crippen LogP contribution in [0.5, 0.6) is 0 Å². The molecule has 0 saturated carbocycles. The molecule has 0 radical (unpaired) electrons. The van der Waals surface area contributed by atoms with Crippen molar-refractivity contribution >= 4 is 40.4 Å². The van der Waals surface area contributed by atoms with Crippen molar-refractivity contribution in [3.8, 4) is 0 Å². The van der Waals surface area contributed by atoms with Gasteiger partial charge in [0.2, 0.25) is 0 Å². The Hall–Kier alpha value is 1.56. The first-order valence-electron chi connectivity index (χ1n) is 8.12. The molecular weight excluding hydrogens is 604 g/mol. The number of hydrogen-bond acceptors (Lipinski definition) is 19. The van der Waals surface area contributed by atoms with Gasteiger partial charge in [-0.25, -0.2) is 15.0 Å². The Morgan fingerprint density at radius 1 is 0.919 bits per heavy atom. The van der Waals surface area contributed by atoms with Crippen LogP contribution in [0.3, 0.4) is 0 Å². The number of rotatable bonds is 2. The molecule has 0 spiro atoms. The van der Waals surface area contributed by atoms with E-state index in [-0.39, 0.29) is 94.8 Å². The molecule has 4 unspecified atom stereocenters. The maximum Gasteiger partial charge on any atom is 1.00 e. The van der Waals surface area contributed by atoms with Crippen LogP contribution in [-0.2, 0) is 23.2 Å². The minimum atomic E-state index is -5.39. The van der Waals surface area contributed by atoms with Gasteiger partial charge in [0.05, 0.1) is 12.4 Å². The van der Waals surface area contributed by atoms with Gasteiger partial charge in [0.25, 0.3) is 0 Å². The number of ether oxygens (including phenoxy) is 2. The predicted octanol–water partition coefficient (Wildman–Crippen LogP) is -17.8. The van der Waals surface area contributed by atoms with Crippen molar-refractivity contribution in [2.75, 3.05) is 12.8 Å². The Bertz CT molecular complexity index is 992. The number of nitrogens with zero attached hydrogens (tertiary/aromatic N) is 4. The van der Waals surface area contributed by atoms with E-state index in [1.54, 1.807) is 17.8 Å². The topological polar surface area (TPSA) is 367 Å². The summed E-state index contributed by atoms with van der Waals surface area (Å²) < 4.78 is 38.4. The molecule has 0 amide bonds. The zero-order chi connectivity index (χ0) is 27.1. The first-order chi connectivity index (χ1) is 15.1. The summed E-state index contributed by atoms with van der Waals surface area (Å²) in [6.45, 7) is 1.79. The molecule has 20 nitrogen and oxygen atoms in total. The van der Waals surface area contributed by atoms with Gasteiger partial charge < -0.3 is 78.0 Å². The van der Waals surface area contributed by atoms with E-state index in [1.807, 2.05) is 0 Å². The van der Waals surface area contributed by atoms with Gasteiger partial charge in [0.15, 0.2) is 17.7 Å². The van der Waals surface area contributed by atoms with E-state index in [9.17, 15) is 5.11 Å². The molecule has 0 bridgehead atoms. The van der Waals surface area contributed by atoms with Crippen LogP contribution in [0, 0.1) is 0 Å². The Morgan fingerprint density at radius 3 is 1.70 bits per heavy atom. The summed E-state index contributed by atoms with van der Waals surface area (Å²) in [7, 11) is -14.6. The fraction of sp³-hybridized carbons (Fsp3) is 0.545. The van der Waals surface area contributed by atoms with Crippen molar-refractivity contribution in [1.29, 1.82) is 0 Å². The molecular formula is C11H15N5Na3O15P3-6. The van der Waals surface area contributed by atoms with Gasteiger partial charge in [-0.15, -0.1) is 0 Å². The molecule has 1 aliphatic heterocycles. The summed E-state index contributed by atoms with van der Waals surface area (Å²) in [5, 5.41) is 10.0. The predicted molar refractivity (Wildman–Crippen MR) is 88.9 cm³/mol. The van der Waals surface area contributed by atoms with Crippen LogP contribution in [0.25, 0.3) is 11.2 Å². The monoisotopic (exact) mass is 619 g/mol. The normalized spacial score (nSPS) is 20.8. The molecule has 0 aliphatic carbocycles. The van der Waals surface area contributed by atoms with E-state index < -0.39 is 41.9 Å². The van der Waals surface area contributed by atoms with E-state index in [0.717, 1.165) is 0 Å². The number of aromatic nitrogens is 4. The molecule has 37 heavy (non-hydrogen) atoms. The summed E-state index contributed by atoms with van der Waals surface area (Å²) >= 11 is 0. The first kappa shape index (κ1) is 45.5. The zero-order valence-corrected chi connectivity index (χ0v) is 28.5. The largest absolute Gasteiger partial charge is 1.00 e. The number of nitrogen functional groups attached to an aromatic ring is 1. The molecule has 3 rings (SSSR count). The Balaban J connectivity index is -0.000000254. The summed E-state index contributed by atoms with van der Waals surface area (Å²) in [5.41, 5.74) is 6.81. The average molecular weight is 619 g/mol. The van der Waals surface area contributed by atoms with Crippen molar-refractivity contribution in [2.24, 2.45) is 0 Å². The number of nitrogens with two attached hydrogens (primary N) is 1. The van der Waals surface area contributed by atoms with E-state index >= 15 is 0 Å². The number of aliphatic hydroxyl groups excluding tert-OH is 1. The number of methoxy groups -OCH3 is 1. The molecule has 1 saturated heterocycles. The van der Waals surface area contributed by atoms with Crippen LogP contribution in [-0.4, -0.2) is 50.0 Å². The number of anilines is 1. The summed E-state index contributed by atoms with van der Waals surface area (Å²) in [6, 6.07) is 0. The van der Waals surface area contributed by atoms with E-state index in [2.05, 4.69) is 15.0 Å². The molecule has 26 heteroatoms. The second-order valence-corrected chi connectivity index (χ2v) is 8.53. The second-order valence-electron chi connectivity index (χ2n) is 5.85. The van der Waals surface area contributed by atoms with Crippen LogP contribution in [0.4, 0.5) is 5.82 Å². The molecule has 3 N–H and O–H groups in total. The summed E-state index contributed by atoms with van der Waals surface area (Å²) in [6.07, 6.45) is 0.931. The third-order valence-electron chi connectivity index (χ3n) is 3.39. The molecule has 4 atom stereocenters. The Labute approximate surface area is 275 Å². The third kappa shape index (κ3) is 21.9. The smallest absolute Gasteiger partial charge is 0.822 e.